The van der Waals surface area contributed by atoms with Gasteiger partial charge in [0.1, 0.15) is 0 Å². The van der Waals surface area contributed by atoms with Gasteiger partial charge in [-0.25, -0.2) is 0 Å². The van der Waals surface area contributed by atoms with Crippen LogP contribution in [0.2, 0.25) is 0 Å². The number of nitrogens with zero attached hydrogens (tertiary/aromatic N) is 3. The molecule has 1 unspecified atom stereocenters. The first kappa shape index (κ1) is 24.0. The van der Waals surface area contributed by atoms with Gasteiger partial charge in [0.2, 0.25) is 0 Å². The number of aliphatic hydroxyl groups excluding tert-OH is 1. The topological polar surface area (TPSA) is 100 Å². The van der Waals surface area contributed by atoms with Crippen LogP contribution in [0.1, 0.15) is 73.8 Å². The maximum atomic E-state index is 13.6. The van der Waals surface area contributed by atoms with E-state index in [4.69, 9.17) is 4.74 Å². The quantitative estimate of drug-likeness (QED) is 0.557. The van der Waals surface area contributed by atoms with Crippen LogP contribution in [0, 0.1) is 12.8 Å². The normalized spacial score (nSPS) is 19.0. The van der Waals surface area contributed by atoms with Gasteiger partial charge in [-0.1, -0.05) is 12.8 Å². The monoisotopic (exact) mass is 480 g/mol. The Labute approximate surface area is 205 Å². The number of hydrogen-bond acceptors (Lipinski definition) is 5. The minimum atomic E-state index is -0.239. The van der Waals surface area contributed by atoms with E-state index < -0.39 is 0 Å². The number of piperidine rings is 1. The van der Waals surface area contributed by atoms with E-state index >= 15 is 0 Å². The van der Waals surface area contributed by atoms with E-state index in [0.29, 0.717) is 30.1 Å². The van der Waals surface area contributed by atoms with Gasteiger partial charge in [0.05, 0.1) is 34.8 Å². The van der Waals surface area contributed by atoms with Crippen molar-refractivity contribution in [1.82, 2.24) is 19.7 Å². The van der Waals surface area contributed by atoms with Crippen LogP contribution in [0.5, 0.6) is 0 Å². The molecule has 0 radical (unpaired) electrons. The zero-order valence-electron chi connectivity index (χ0n) is 20.8. The maximum absolute atomic E-state index is 13.6. The summed E-state index contributed by atoms with van der Waals surface area (Å²) in [4.78, 5) is 31.3. The van der Waals surface area contributed by atoms with Gasteiger partial charge in [-0.2, -0.15) is 5.10 Å². The average Bonchev–Trinajstić information content (AvgIpc) is 3.30. The van der Waals surface area contributed by atoms with Crippen LogP contribution in [-0.2, 0) is 4.74 Å². The number of rotatable bonds is 6. The van der Waals surface area contributed by atoms with Gasteiger partial charge >= 0.3 is 0 Å². The Balaban J connectivity index is 1.43. The SMILES string of the molecule is Cc1cc2[nH]c(=O)c3cnn(C4CCOCC4)c3c2cc1C(=O)N1CCC(CCCC(C)O)CC1. The molecule has 0 saturated carbocycles. The molecule has 1 aromatic carbocycles. The van der Waals surface area contributed by atoms with E-state index in [1.165, 1.54) is 0 Å². The molecular formula is C27H36N4O4. The van der Waals surface area contributed by atoms with Crippen molar-refractivity contribution in [1.29, 1.82) is 0 Å². The molecule has 0 spiro atoms. The van der Waals surface area contributed by atoms with Gasteiger partial charge in [-0.05, 0) is 69.6 Å². The van der Waals surface area contributed by atoms with Gasteiger partial charge in [-0.15, -0.1) is 0 Å². The lowest BCUT2D eigenvalue weighted by Gasteiger charge is -2.32. The predicted molar refractivity (Wildman–Crippen MR) is 136 cm³/mol. The molecule has 8 heteroatoms. The molecule has 2 aromatic heterocycles. The molecule has 2 N–H and O–H groups in total. The number of H-pyrrole nitrogens is 1. The summed E-state index contributed by atoms with van der Waals surface area (Å²) in [6.07, 6.45) is 8.13. The average molecular weight is 481 g/mol. The predicted octanol–water partition coefficient (Wildman–Crippen LogP) is 3.94. The van der Waals surface area contributed by atoms with Crippen LogP contribution in [0.25, 0.3) is 21.8 Å². The number of carbonyl (C=O) groups is 1. The zero-order chi connectivity index (χ0) is 24.5. The van der Waals surface area contributed by atoms with E-state index in [1.807, 2.05) is 35.6 Å². The van der Waals surface area contributed by atoms with E-state index in [9.17, 15) is 14.7 Å². The number of nitrogens with one attached hydrogen (secondary N) is 1. The molecule has 2 fully saturated rings. The third kappa shape index (κ3) is 4.86. The Morgan fingerprint density at radius 1 is 1.20 bits per heavy atom. The van der Waals surface area contributed by atoms with Gasteiger partial charge in [0.25, 0.3) is 11.5 Å². The second-order valence-corrected chi connectivity index (χ2v) is 10.4. The van der Waals surface area contributed by atoms with Crippen molar-refractivity contribution in [2.24, 2.45) is 5.92 Å². The fourth-order valence-corrected chi connectivity index (χ4v) is 5.73. The second kappa shape index (κ2) is 10.1. The Kier molecular flexibility index (Phi) is 6.93. The molecule has 3 aromatic rings. The number of hydrogen-bond donors (Lipinski definition) is 2. The van der Waals surface area contributed by atoms with E-state index in [1.54, 1.807) is 6.20 Å². The lowest BCUT2D eigenvalue weighted by molar-refractivity contribution is 0.0675. The lowest BCUT2D eigenvalue weighted by atomic mass is 9.90. The number of aromatic nitrogens is 3. The molecule has 2 saturated heterocycles. The molecular weight excluding hydrogens is 444 g/mol. The molecule has 0 aliphatic carbocycles. The van der Waals surface area contributed by atoms with Gasteiger partial charge < -0.3 is 19.7 Å². The highest BCUT2D eigenvalue weighted by Crippen LogP contribution is 2.31. The fraction of sp³-hybridized carbons (Fsp3) is 0.593. The van der Waals surface area contributed by atoms with Gasteiger partial charge in [0, 0.05) is 37.3 Å². The van der Waals surface area contributed by atoms with Crippen molar-refractivity contribution in [3.8, 4) is 0 Å². The molecule has 35 heavy (non-hydrogen) atoms. The summed E-state index contributed by atoms with van der Waals surface area (Å²) < 4.78 is 7.49. The number of aryl methyl sites for hydroxylation is 1. The second-order valence-electron chi connectivity index (χ2n) is 10.4. The molecule has 2 aliphatic rings. The summed E-state index contributed by atoms with van der Waals surface area (Å²) >= 11 is 0. The highest BCUT2D eigenvalue weighted by atomic mass is 16.5. The number of aliphatic hydroxyl groups is 1. The summed E-state index contributed by atoms with van der Waals surface area (Å²) in [5, 5.41) is 15.5. The third-order valence-electron chi connectivity index (χ3n) is 7.81. The standard InChI is InChI=1S/C27H36N4O4/c1-17-14-24-22(25-23(26(33)29-24)16-28-31(25)20-8-12-35-13-9-20)15-21(17)27(34)30-10-6-19(7-11-30)5-3-4-18(2)32/h14-16,18-20,32H,3-13H2,1-2H3,(H,29,33). The largest absolute Gasteiger partial charge is 0.393 e. The summed E-state index contributed by atoms with van der Waals surface area (Å²) in [5.74, 6) is 0.678. The number of carbonyl (C=O) groups excluding carboxylic acids is 1. The van der Waals surface area contributed by atoms with Crippen LogP contribution in [0.15, 0.2) is 23.1 Å². The number of fused-ring (bicyclic) bond motifs is 3. The molecule has 1 atom stereocenters. The van der Waals surface area contributed by atoms with Crippen molar-refractivity contribution < 1.29 is 14.6 Å². The Bertz CT molecular complexity index is 1260. The molecule has 0 bridgehead atoms. The highest BCUT2D eigenvalue weighted by molar-refractivity contribution is 6.07. The lowest BCUT2D eigenvalue weighted by Crippen LogP contribution is -2.38. The van der Waals surface area contributed by atoms with Crippen LogP contribution >= 0.6 is 0 Å². The molecule has 5 rings (SSSR count). The van der Waals surface area contributed by atoms with Crippen molar-refractivity contribution in [2.75, 3.05) is 26.3 Å². The van der Waals surface area contributed by atoms with E-state index in [0.717, 1.165) is 80.0 Å². The molecule has 2 aliphatic heterocycles. The first-order valence-electron chi connectivity index (χ1n) is 13.0. The Morgan fingerprint density at radius 2 is 1.94 bits per heavy atom. The summed E-state index contributed by atoms with van der Waals surface area (Å²) in [6, 6.07) is 4.06. The zero-order valence-corrected chi connectivity index (χ0v) is 20.8. The Hall–Kier alpha value is -2.71. The van der Waals surface area contributed by atoms with Crippen LogP contribution in [0.3, 0.4) is 0 Å². The number of benzene rings is 1. The summed E-state index contributed by atoms with van der Waals surface area (Å²) in [5.41, 5.74) is 2.96. The van der Waals surface area contributed by atoms with Crippen LogP contribution in [-0.4, -0.2) is 63.1 Å². The summed E-state index contributed by atoms with van der Waals surface area (Å²) in [7, 11) is 0. The molecule has 1 amide bonds. The number of amides is 1. The van der Waals surface area contributed by atoms with Gasteiger partial charge in [0.15, 0.2) is 0 Å². The third-order valence-corrected chi connectivity index (χ3v) is 7.81. The number of pyridine rings is 1. The smallest absolute Gasteiger partial charge is 0.259 e. The minimum absolute atomic E-state index is 0.0586. The van der Waals surface area contributed by atoms with Gasteiger partial charge in [-0.3, -0.25) is 14.3 Å². The van der Waals surface area contributed by atoms with Crippen molar-refractivity contribution in [3.63, 3.8) is 0 Å². The summed E-state index contributed by atoms with van der Waals surface area (Å²) in [6.45, 7) is 6.67. The Morgan fingerprint density at radius 3 is 2.66 bits per heavy atom. The highest BCUT2D eigenvalue weighted by Gasteiger charge is 2.26. The van der Waals surface area contributed by atoms with E-state index in [2.05, 4.69) is 10.1 Å². The van der Waals surface area contributed by atoms with Crippen molar-refractivity contribution in [2.45, 2.75) is 70.9 Å². The maximum Gasteiger partial charge on any atom is 0.259 e. The van der Waals surface area contributed by atoms with Crippen LogP contribution in [0.4, 0.5) is 0 Å². The number of ether oxygens (including phenoxy) is 1. The molecule has 188 valence electrons. The van der Waals surface area contributed by atoms with Crippen LogP contribution < -0.4 is 5.56 Å². The van der Waals surface area contributed by atoms with Crippen molar-refractivity contribution >= 4 is 27.7 Å². The first-order chi connectivity index (χ1) is 16.9. The number of aromatic amines is 1. The molecule has 4 heterocycles. The first-order valence-corrected chi connectivity index (χ1v) is 13.0. The number of likely N-dealkylation sites (tertiary alicyclic amines) is 1. The van der Waals surface area contributed by atoms with Crippen molar-refractivity contribution in [3.05, 3.63) is 39.8 Å². The fourth-order valence-electron chi connectivity index (χ4n) is 5.73. The minimum Gasteiger partial charge on any atom is -0.393 e. The van der Waals surface area contributed by atoms with E-state index in [-0.39, 0.29) is 23.6 Å². The molecule has 8 nitrogen and oxygen atoms in total.